The lowest BCUT2D eigenvalue weighted by Crippen LogP contribution is -2.22. The molecule has 0 heterocycles. The van der Waals surface area contributed by atoms with Gasteiger partial charge in [-0.25, -0.2) is 0 Å². The molecule has 0 bridgehead atoms. The van der Waals surface area contributed by atoms with Gasteiger partial charge in [-0.2, -0.15) is 0 Å². The van der Waals surface area contributed by atoms with Gasteiger partial charge >= 0.3 is 0 Å². The lowest BCUT2D eigenvalue weighted by atomic mass is 10.0. The smallest absolute Gasteiger partial charge is 0.269 e. The Balaban J connectivity index is 2.14. The summed E-state index contributed by atoms with van der Waals surface area (Å²) in [5, 5.41) is 14.3. The van der Waals surface area contributed by atoms with E-state index < -0.39 is 0 Å². The summed E-state index contributed by atoms with van der Waals surface area (Å²) in [7, 11) is 0. The molecule has 2 aromatic carbocycles. The first-order valence-corrected chi connectivity index (χ1v) is 7.53. The lowest BCUT2D eigenvalue weighted by molar-refractivity contribution is -0.384. The van der Waals surface area contributed by atoms with Crippen molar-refractivity contribution in [1.82, 2.24) is 5.32 Å². The highest BCUT2D eigenvalue weighted by Gasteiger charge is 2.15. The minimum absolute atomic E-state index is 0.0204. The maximum absolute atomic E-state index is 10.8. The Labute approximate surface area is 132 Å². The summed E-state index contributed by atoms with van der Waals surface area (Å²) in [5.74, 6) is 0. The second kappa shape index (κ2) is 6.83. The zero-order valence-corrected chi connectivity index (χ0v) is 13.5. The van der Waals surface area contributed by atoms with E-state index in [9.17, 15) is 10.1 Å². The van der Waals surface area contributed by atoms with E-state index in [1.54, 1.807) is 12.1 Å². The highest BCUT2D eigenvalue weighted by Crippen LogP contribution is 2.26. The molecular formula is C16H17BrN2O2. The molecule has 5 heteroatoms. The molecule has 2 rings (SSSR count). The quantitative estimate of drug-likeness (QED) is 0.625. The molecule has 0 spiro atoms. The van der Waals surface area contributed by atoms with E-state index in [0.717, 1.165) is 15.6 Å². The summed E-state index contributed by atoms with van der Waals surface area (Å²) in [6.07, 6.45) is 0. The topological polar surface area (TPSA) is 55.2 Å². The second-order valence-electron chi connectivity index (χ2n) is 4.98. The van der Waals surface area contributed by atoms with Crippen molar-refractivity contribution in [2.75, 3.05) is 0 Å². The molecule has 21 heavy (non-hydrogen) atoms. The molecule has 0 amide bonds. The molecule has 0 radical (unpaired) electrons. The van der Waals surface area contributed by atoms with E-state index in [1.807, 2.05) is 31.2 Å². The highest BCUT2D eigenvalue weighted by atomic mass is 79.9. The van der Waals surface area contributed by atoms with E-state index in [1.165, 1.54) is 6.07 Å². The Morgan fingerprint density at radius 3 is 2.48 bits per heavy atom. The van der Waals surface area contributed by atoms with Crippen LogP contribution in [0.5, 0.6) is 0 Å². The van der Waals surface area contributed by atoms with Crippen LogP contribution >= 0.6 is 15.9 Å². The first-order chi connectivity index (χ1) is 9.99. The van der Waals surface area contributed by atoms with Crippen LogP contribution in [0.25, 0.3) is 0 Å². The number of rotatable bonds is 5. The maximum Gasteiger partial charge on any atom is 0.269 e. The van der Waals surface area contributed by atoms with Gasteiger partial charge in [-0.1, -0.05) is 46.3 Å². The normalized spacial score (nSPS) is 13.7. The van der Waals surface area contributed by atoms with Gasteiger partial charge in [-0.3, -0.25) is 10.1 Å². The van der Waals surface area contributed by atoms with E-state index >= 15 is 0 Å². The summed E-state index contributed by atoms with van der Waals surface area (Å²) in [6.45, 7) is 4.08. The zero-order chi connectivity index (χ0) is 15.4. The van der Waals surface area contributed by atoms with Gasteiger partial charge in [0.25, 0.3) is 5.69 Å². The fourth-order valence-electron chi connectivity index (χ4n) is 2.29. The maximum atomic E-state index is 10.8. The van der Waals surface area contributed by atoms with Crippen LogP contribution in [-0.4, -0.2) is 4.92 Å². The molecule has 2 atom stereocenters. The molecular weight excluding hydrogens is 332 g/mol. The summed E-state index contributed by atoms with van der Waals surface area (Å²) < 4.78 is 1.05. The summed E-state index contributed by atoms with van der Waals surface area (Å²) in [6, 6.07) is 14.9. The van der Waals surface area contributed by atoms with Gasteiger partial charge in [0, 0.05) is 28.7 Å². The average Bonchev–Trinajstić information content (AvgIpc) is 2.47. The summed E-state index contributed by atoms with van der Waals surface area (Å²) >= 11 is 3.54. The van der Waals surface area contributed by atoms with E-state index in [2.05, 4.69) is 34.2 Å². The Morgan fingerprint density at radius 1 is 1.10 bits per heavy atom. The van der Waals surface area contributed by atoms with Gasteiger partial charge < -0.3 is 5.32 Å². The van der Waals surface area contributed by atoms with Crippen LogP contribution in [0.15, 0.2) is 53.0 Å². The molecule has 0 aliphatic rings. The monoisotopic (exact) mass is 348 g/mol. The van der Waals surface area contributed by atoms with E-state index in [-0.39, 0.29) is 22.7 Å². The summed E-state index contributed by atoms with van der Waals surface area (Å²) in [5.41, 5.74) is 2.19. The number of nitrogens with one attached hydrogen (secondary N) is 1. The van der Waals surface area contributed by atoms with E-state index in [4.69, 9.17) is 0 Å². The predicted octanol–water partition coefficient (Wildman–Crippen LogP) is 4.77. The number of non-ortho nitro benzene ring substituents is 1. The standard InChI is InChI=1S/C16H17BrN2O2/c1-11(13-6-5-7-14(10-13)19(20)21)18-12(2)15-8-3-4-9-16(15)17/h3-12,18H,1-2H3/t11?,12-/m0/s1. The van der Waals surface area contributed by atoms with Crippen LogP contribution in [-0.2, 0) is 0 Å². The second-order valence-corrected chi connectivity index (χ2v) is 5.84. The molecule has 1 unspecified atom stereocenters. The van der Waals surface area contributed by atoms with Crippen molar-refractivity contribution < 1.29 is 4.92 Å². The molecule has 0 aliphatic carbocycles. The molecule has 110 valence electrons. The van der Waals surface area contributed by atoms with Crippen LogP contribution < -0.4 is 5.32 Å². The van der Waals surface area contributed by atoms with E-state index in [0.29, 0.717) is 0 Å². The minimum atomic E-state index is -0.368. The Bertz CT molecular complexity index is 646. The minimum Gasteiger partial charge on any atom is -0.304 e. The van der Waals surface area contributed by atoms with Gasteiger partial charge in [0.15, 0.2) is 0 Å². The molecule has 0 fully saturated rings. The number of nitrogens with zero attached hydrogens (tertiary/aromatic N) is 1. The molecule has 1 N–H and O–H groups in total. The number of hydrogen-bond donors (Lipinski definition) is 1. The Kier molecular flexibility index (Phi) is 5.09. The number of benzene rings is 2. The van der Waals surface area contributed by atoms with Crippen LogP contribution in [0.1, 0.15) is 37.1 Å². The van der Waals surface area contributed by atoms with Crippen molar-refractivity contribution >= 4 is 21.6 Å². The Morgan fingerprint density at radius 2 is 1.81 bits per heavy atom. The van der Waals surface area contributed by atoms with Crippen molar-refractivity contribution in [3.63, 3.8) is 0 Å². The molecule has 2 aromatic rings. The molecule has 0 aromatic heterocycles. The van der Waals surface area contributed by atoms with Gasteiger partial charge in [-0.05, 0) is 31.0 Å². The summed E-state index contributed by atoms with van der Waals surface area (Å²) in [4.78, 5) is 10.5. The number of nitro groups is 1. The van der Waals surface area contributed by atoms with Crippen molar-refractivity contribution in [1.29, 1.82) is 0 Å². The largest absolute Gasteiger partial charge is 0.304 e. The molecule has 0 aliphatic heterocycles. The SMILES string of the molecule is CC(N[C@@H](C)c1ccccc1Br)c1cccc([N+](=O)[O-])c1. The number of halogens is 1. The van der Waals surface area contributed by atoms with Gasteiger partial charge in [-0.15, -0.1) is 0 Å². The molecule has 0 saturated heterocycles. The number of nitro benzene ring substituents is 1. The molecule has 4 nitrogen and oxygen atoms in total. The van der Waals surface area contributed by atoms with Crippen LogP contribution in [0, 0.1) is 10.1 Å². The number of hydrogen-bond acceptors (Lipinski definition) is 3. The fourth-order valence-corrected chi connectivity index (χ4v) is 2.92. The zero-order valence-electron chi connectivity index (χ0n) is 11.9. The lowest BCUT2D eigenvalue weighted by Gasteiger charge is -2.21. The van der Waals surface area contributed by atoms with Gasteiger partial charge in [0.1, 0.15) is 0 Å². The van der Waals surface area contributed by atoms with Crippen LogP contribution in [0.2, 0.25) is 0 Å². The van der Waals surface area contributed by atoms with Gasteiger partial charge in [0.05, 0.1) is 4.92 Å². The van der Waals surface area contributed by atoms with Gasteiger partial charge in [0.2, 0.25) is 0 Å². The van der Waals surface area contributed by atoms with Crippen molar-refractivity contribution in [2.24, 2.45) is 0 Å². The van der Waals surface area contributed by atoms with Crippen molar-refractivity contribution in [2.45, 2.75) is 25.9 Å². The average molecular weight is 349 g/mol. The van der Waals surface area contributed by atoms with Crippen LogP contribution in [0.3, 0.4) is 0 Å². The third-order valence-corrected chi connectivity index (χ3v) is 4.17. The fraction of sp³-hybridized carbons (Fsp3) is 0.250. The molecule has 0 saturated carbocycles. The highest BCUT2D eigenvalue weighted by molar-refractivity contribution is 9.10. The predicted molar refractivity (Wildman–Crippen MR) is 87.2 cm³/mol. The Hall–Kier alpha value is -1.72. The van der Waals surface area contributed by atoms with Crippen molar-refractivity contribution in [3.05, 3.63) is 74.2 Å². The van der Waals surface area contributed by atoms with Crippen LogP contribution in [0.4, 0.5) is 5.69 Å². The first kappa shape index (κ1) is 15.7. The first-order valence-electron chi connectivity index (χ1n) is 6.74. The van der Waals surface area contributed by atoms with Crippen molar-refractivity contribution in [3.8, 4) is 0 Å². The third-order valence-electron chi connectivity index (χ3n) is 3.45. The third kappa shape index (κ3) is 3.89.